The largest absolute Gasteiger partial charge is 0.344 e. The summed E-state index contributed by atoms with van der Waals surface area (Å²) in [6.45, 7) is 4.36. The summed E-state index contributed by atoms with van der Waals surface area (Å²) in [6.07, 6.45) is 2.05. The monoisotopic (exact) mass is 260 g/mol. The Labute approximate surface area is 113 Å². The van der Waals surface area contributed by atoms with E-state index in [1.54, 1.807) is 0 Å². The molecule has 1 aliphatic rings. The summed E-state index contributed by atoms with van der Waals surface area (Å²) >= 11 is 0. The maximum Gasteiger partial charge on any atom is 0.246 e. The predicted octanol–water partition coefficient (Wildman–Crippen LogP) is 2.10. The topological polar surface area (TPSA) is 58.2 Å². The number of amides is 2. The molecule has 4 nitrogen and oxygen atoms in total. The van der Waals surface area contributed by atoms with E-state index in [9.17, 15) is 9.59 Å². The van der Waals surface area contributed by atoms with E-state index < -0.39 is 0 Å². The summed E-state index contributed by atoms with van der Waals surface area (Å²) < 4.78 is 0. The van der Waals surface area contributed by atoms with Gasteiger partial charge in [0.2, 0.25) is 11.8 Å². The highest BCUT2D eigenvalue weighted by Gasteiger charge is 2.26. The molecule has 1 aromatic rings. The molecule has 0 spiro atoms. The second kappa shape index (κ2) is 5.87. The summed E-state index contributed by atoms with van der Waals surface area (Å²) in [6, 6.07) is 7.49. The van der Waals surface area contributed by atoms with Crippen LogP contribution in [0.1, 0.15) is 32.3 Å². The summed E-state index contributed by atoms with van der Waals surface area (Å²) in [4.78, 5) is 23.0. The Kier molecular flexibility index (Phi) is 4.20. The molecule has 0 aromatic heterocycles. The Balaban J connectivity index is 1.92. The van der Waals surface area contributed by atoms with Crippen molar-refractivity contribution >= 4 is 17.5 Å². The maximum absolute atomic E-state index is 11.9. The fraction of sp³-hybridized carbons (Fsp3) is 0.467. The fourth-order valence-electron chi connectivity index (χ4n) is 2.24. The summed E-state index contributed by atoms with van der Waals surface area (Å²) in [5, 5.41) is 5.49. The first kappa shape index (κ1) is 13.6. The van der Waals surface area contributed by atoms with E-state index in [0.717, 1.165) is 12.1 Å². The number of anilines is 1. The Morgan fingerprint density at radius 1 is 1.37 bits per heavy atom. The molecule has 1 aromatic carbocycles. The molecule has 0 radical (unpaired) electrons. The molecular formula is C15H20N2O2. The van der Waals surface area contributed by atoms with Crippen LogP contribution in [0.15, 0.2) is 24.3 Å². The zero-order chi connectivity index (χ0) is 13.8. The molecule has 0 bridgehead atoms. The van der Waals surface area contributed by atoms with Crippen LogP contribution >= 0.6 is 0 Å². The molecule has 1 saturated heterocycles. The second-order valence-electron chi connectivity index (χ2n) is 5.44. The minimum absolute atomic E-state index is 0.0487. The van der Waals surface area contributed by atoms with Crippen LogP contribution in [0.3, 0.4) is 0 Å². The number of carbonyl (C=O) groups excluding carboxylic acids is 2. The maximum atomic E-state index is 11.9. The molecule has 2 rings (SSSR count). The normalized spacial score (nSPS) is 18.5. The van der Waals surface area contributed by atoms with Gasteiger partial charge in [0.05, 0.1) is 0 Å². The second-order valence-corrected chi connectivity index (χ2v) is 5.44. The van der Waals surface area contributed by atoms with Gasteiger partial charge in [0, 0.05) is 12.1 Å². The first-order valence-electron chi connectivity index (χ1n) is 6.74. The minimum Gasteiger partial charge on any atom is -0.344 e. The molecular weight excluding hydrogens is 240 g/mol. The zero-order valence-electron chi connectivity index (χ0n) is 11.4. The lowest BCUT2D eigenvalue weighted by molar-refractivity contribution is -0.122. The van der Waals surface area contributed by atoms with E-state index in [1.807, 2.05) is 24.3 Å². The summed E-state index contributed by atoms with van der Waals surface area (Å²) in [7, 11) is 0. The number of nitrogens with one attached hydrogen (secondary N) is 2. The number of hydrogen-bond acceptors (Lipinski definition) is 2. The molecule has 1 fully saturated rings. The lowest BCUT2D eigenvalue weighted by Gasteiger charge is -2.11. The molecule has 0 aliphatic carbocycles. The van der Waals surface area contributed by atoms with Crippen LogP contribution in [0.25, 0.3) is 0 Å². The molecule has 1 aliphatic heterocycles. The number of carbonyl (C=O) groups is 2. The van der Waals surface area contributed by atoms with E-state index in [4.69, 9.17) is 0 Å². The van der Waals surface area contributed by atoms with Gasteiger partial charge >= 0.3 is 0 Å². The van der Waals surface area contributed by atoms with Crippen molar-refractivity contribution in [3.05, 3.63) is 29.8 Å². The fourth-order valence-corrected chi connectivity index (χ4v) is 2.24. The lowest BCUT2D eigenvalue weighted by atomic mass is 10.0. The van der Waals surface area contributed by atoms with Crippen LogP contribution < -0.4 is 10.6 Å². The van der Waals surface area contributed by atoms with Crippen LogP contribution in [0.2, 0.25) is 0 Å². The van der Waals surface area contributed by atoms with Gasteiger partial charge in [-0.05, 0) is 36.5 Å². The number of benzene rings is 1. The van der Waals surface area contributed by atoms with Gasteiger partial charge in [-0.1, -0.05) is 26.0 Å². The quantitative estimate of drug-likeness (QED) is 0.871. The molecule has 4 heteroatoms. The molecule has 102 valence electrons. The third-order valence-corrected chi connectivity index (χ3v) is 3.18. The van der Waals surface area contributed by atoms with Gasteiger partial charge in [0.25, 0.3) is 0 Å². The van der Waals surface area contributed by atoms with Crippen molar-refractivity contribution in [2.24, 2.45) is 5.92 Å². The van der Waals surface area contributed by atoms with Crippen molar-refractivity contribution < 1.29 is 9.59 Å². The Hall–Kier alpha value is -1.84. The molecule has 1 unspecified atom stereocenters. The van der Waals surface area contributed by atoms with Crippen molar-refractivity contribution in [2.75, 3.05) is 5.32 Å². The molecule has 19 heavy (non-hydrogen) atoms. The summed E-state index contributed by atoms with van der Waals surface area (Å²) in [5.74, 6) is 0.434. The van der Waals surface area contributed by atoms with E-state index in [-0.39, 0.29) is 17.9 Å². The third kappa shape index (κ3) is 3.81. The van der Waals surface area contributed by atoms with Crippen LogP contribution in [0.5, 0.6) is 0 Å². The van der Waals surface area contributed by atoms with Crippen molar-refractivity contribution in [2.45, 2.75) is 39.2 Å². The van der Waals surface area contributed by atoms with E-state index >= 15 is 0 Å². The van der Waals surface area contributed by atoms with Crippen molar-refractivity contribution in [3.8, 4) is 0 Å². The van der Waals surface area contributed by atoms with Crippen LogP contribution in [-0.2, 0) is 16.0 Å². The lowest BCUT2D eigenvalue weighted by Crippen LogP contribution is -2.37. The Morgan fingerprint density at radius 3 is 2.58 bits per heavy atom. The van der Waals surface area contributed by atoms with E-state index in [1.165, 1.54) is 5.56 Å². The van der Waals surface area contributed by atoms with Gasteiger partial charge in [0.1, 0.15) is 6.04 Å². The molecule has 1 heterocycles. The predicted molar refractivity (Wildman–Crippen MR) is 74.8 cm³/mol. The highest BCUT2D eigenvalue weighted by Crippen LogP contribution is 2.15. The van der Waals surface area contributed by atoms with E-state index in [0.29, 0.717) is 18.8 Å². The van der Waals surface area contributed by atoms with Gasteiger partial charge in [-0.25, -0.2) is 0 Å². The average molecular weight is 260 g/mol. The van der Waals surface area contributed by atoms with Crippen LogP contribution in [0, 0.1) is 5.92 Å². The van der Waals surface area contributed by atoms with Gasteiger partial charge < -0.3 is 10.6 Å². The third-order valence-electron chi connectivity index (χ3n) is 3.18. The highest BCUT2D eigenvalue weighted by molar-refractivity contribution is 5.98. The minimum atomic E-state index is -0.386. The number of rotatable bonds is 4. The molecule has 2 N–H and O–H groups in total. The first-order valence-corrected chi connectivity index (χ1v) is 6.74. The van der Waals surface area contributed by atoms with Crippen molar-refractivity contribution in [3.63, 3.8) is 0 Å². The van der Waals surface area contributed by atoms with Gasteiger partial charge in [-0.15, -0.1) is 0 Å². The zero-order valence-corrected chi connectivity index (χ0v) is 11.4. The molecule has 1 atom stereocenters. The standard InChI is InChI=1S/C15H20N2O2/c1-10(2)9-11-3-5-12(6-4-11)16-15(19)13-7-8-14(18)17-13/h3-6,10,13H,7-9H2,1-2H3,(H,16,19)(H,17,18). The van der Waals surface area contributed by atoms with Crippen molar-refractivity contribution in [1.29, 1.82) is 0 Å². The van der Waals surface area contributed by atoms with Crippen molar-refractivity contribution in [1.82, 2.24) is 5.32 Å². The number of hydrogen-bond donors (Lipinski definition) is 2. The van der Waals surface area contributed by atoms with Gasteiger partial charge in [-0.2, -0.15) is 0 Å². The Morgan fingerprint density at radius 2 is 2.05 bits per heavy atom. The summed E-state index contributed by atoms with van der Waals surface area (Å²) in [5.41, 5.74) is 2.04. The van der Waals surface area contributed by atoms with Gasteiger partial charge in [0.15, 0.2) is 0 Å². The highest BCUT2D eigenvalue weighted by atomic mass is 16.2. The average Bonchev–Trinajstić information content (AvgIpc) is 2.78. The first-order chi connectivity index (χ1) is 9.04. The van der Waals surface area contributed by atoms with Crippen LogP contribution in [0.4, 0.5) is 5.69 Å². The molecule has 2 amide bonds. The van der Waals surface area contributed by atoms with E-state index in [2.05, 4.69) is 24.5 Å². The Bertz CT molecular complexity index is 466. The van der Waals surface area contributed by atoms with Gasteiger partial charge in [-0.3, -0.25) is 9.59 Å². The smallest absolute Gasteiger partial charge is 0.246 e. The SMILES string of the molecule is CC(C)Cc1ccc(NC(=O)C2CCC(=O)N2)cc1. The molecule has 0 saturated carbocycles. The van der Waals surface area contributed by atoms with Crippen LogP contribution in [-0.4, -0.2) is 17.9 Å².